The Labute approximate surface area is 100 Å². The molecule has 0 aromatic carbocycles. The Kier molecular flexibility index (Phi) is 5.31. The molecule has 1 atom stereocenters. The third-order valence-corrected chi connectivity index (χ3v) is 3.08. The molecule has 0 aromatic rings. The molecule has 0 aromatic heterocycles. The molecule has 0 aliphatic heterocycles. The Morgan fingerprint density at radius 2 is 2.25 bits per heavy atom. The molecule has 0 heteroatoms. The molecule has 16 heavy (non-hydrogen) atoms. The van der Waals surface area contributed by atoms with E-state index in [1.165, 1.54) is 24.8 Å². The van der Waals surface area contributed by atoms with Gasteiger partial charge in [0.1, 0.15) is 0 Å². The zero-order valence-electron chi connectivity index (χ0n) is 10.7. The topological polar surface area (TPSA) is 0 Å². The maximum Gasteiger partial charge on any atom is -0.0106 e. The highest BCUT2D eigenvalue weighted by Gasteiger charge is 2.22. The molecule has 1 rings (SSSR count). The van der Waals surface area contributed by atoms with Crippen LogP contribution in [0.25, 0.3) is 0 Å². The Morgan fingerprint density at radius 1 is 1.44 bits per heavy atom. The second kappa shape index (κ2) is 6.52. The van der Waals surface area contributed by atoms with Crippen molar-refractivity contribution in [2.24, 2.45) is 5.41 Å². The minimum absolute atomic E-state index is 0.341. The van der Waals surface area contributed by atoms with E-state index in [0.29, 0.717) is 5.41 Å². The van der Waals surface area contributed by atoms with Crippen molar-refractivity contribution >= 4 is 0 Å². The third kappa shape index (κ3) is 4.65. The van der Waals surface area contributed by atoms with Crippen LogP contribution >= 0.6 is 0 Å². The number of hydrogen-bond acceptors (Lipinski definition) is 0. The van der Waals surface area contributed by atoms with Crippen molar-refractivity contribution in [1.29, 1.82) is 0 Å². The molecule has 0 radical (unpaired) electrons. The first-order valence-electron chi connectivity index (χ1n) is 6.35. The summed E-state index contributed by atoms with van der Waals surface area (Å²) in [4.78, 5) is 0. The maximum atomic E-state index is 4.14. The summed E-state index contributed by atoms with van der Waals surface area (Å²) >= 11 is 0. The first-order valence-corrected chi connectivity index (χ1v) is 6.35. The molecule has 0 fully saturated rings. The normalized spacial score (nSPS) is 25.6. The second-order valence-electron chi connectivity index (χ2n) is 4.98. The molecule has 0 spiro atoms. The molecule has 0 nitrogen and oxygen atoms in total. The molecule has 0 saturated heterocycles. The monoisotopic (exact) mass is 216 g/mol. The molecule has 88 valence electrons. The molecule has 0 N–H and O–H groups in total. The Morgan fingerprint density at radius 3 is 2.88 bits per heavy atom. The van der Waals surface area contributed by atoms with Gasteiger partial charge in [-0.2, -0.15) is 0 Å². The van der Waals surface area contributed by atoms with Crippen LogP contribution in [0.3, 0.4) is 0 Å². The summed E-state index contributed by atoms with van der Waals surface area (Å²) in [6.45, 7) is 8.62. The van der Waals surface area contributed by atoms with Gasteiger partial charge in [-0.1, -0.05) is 62.5 Å². The molecule has 0 bridgehead atoms. The van der Waals surface area contributed by atoms with Crippen LogP contribution in [0.4, 0.5) is 0 Å². The summed E-state index contributed by atoms with van der Waals surface area (Å²) in [6.07, 6.45) is 19.2. The predicted octanol–water partition coefficient (Wildman–Crippen LogP) is 5.20. The fraction of sp³-hybridized carbons (Fsp3) is 0.500. The van der Waals surface area contributed by atoms with E-state index < -0.39 is 0 Å². The van der Waals surface area contributed by atoms with Crippen molar-refractivity contribution in [2.75, 3.05) is 0 Å². The summed E-state index contributed by atoms with van der Waals surface area (Å²) in [7, 11) is 0. The molecule has 1 aliphatic carbocycles. The number of rotatable bonds is 5. The molecule has 0 unspecified atom stereocenters. The molecule has 0 heterocycles. The Bertz CT molecular complexity index is 304. The second-order valence-corrected chi connectivity index (χ2v) is 4.98. The SMILES string of the molecule is C=C(/C=C\C=C/CC)C[C@@]1(C)C=CCCC1. The summed E-state index contributed by atoms with van der Waals surface area (Å²) in [6, 6.07) is 0. The van der Waals surface area contributed by atoms with Crippen LogP contribution in [0.15, 0.2) is 48.6 Å². The lowest BCUT2D eigenvalue weighted by Gasteiger charge is -2.29. The van der Waals surface area contributed by atoms with Gasteiger partial charge in [-0.25, -0.2) is 0 Å². The van der Waals surface area contributed by atoms with Gasteiger partial charge in [-0.3, -0.25) is 0 Å². The Balaban J connectivity index is 2.44. The van der Waals surface area contributed by atoms with E-state index in [-0.39, 0.29) is 0 Å². The highest BCUT2D eigenvalue weighted by atomic mass is 14.3. The van der Waals surface area contributed by atoms with Gasteiger partial charge in [0.15, 0.2) is 0 Å². The molecular formula is C16H24. The highest BCUT2D eigenvalue weighted by Crippen LogP contribution is 2.36. The Hall–Kier alpha value is -1.04. The van der Waals surface area contributed by atoms with Crippen LogP contribution in [0, 0.1) is 5.41 Å². The van der Waals surface area contributed by atoms with Crippen LogP contribution in [-0.4, -0.2) is 0 Å². The highest BCUT2D eigenvalue weighted by molar-refractivity contribution is 5.22. The van der Waals surface area contributed by atoms with Crippen molar-refractivity contribution < 1.29 is 0 Å². The summed E-state index contributed by atoms with van der Waals surface area (Å²) in [5.41, 5.74) is 1.57. The van der Waals surface area contributed by atoms with Gasteiger partial charge in [0, 0.05) is 0 Å². The number of hydrogen-bond donors (Lipinski definition) is 0. The zero-order valence-corrected chi connectivity index (χ0v) is 10.7. The van der Waals surface area contributed by atoms with E-state index in [9.17, 15) is 0 Å². The lowest BCUT2D eigenvalue weighted by Crippen LogP contribution is -2.15. The van der Waals surface area contributed by atoms with Gasteiger partial charge in [0.25, 0.3) is 0 Å². The quantitative estimate of drug-likeness (QED) is 0.437. The van der Waals surface area contributed by atoms with E-state index in [1.807, 2.05) is 0 Å². The lowest BCUT2D eigenvalue weighted by atomic mass is 9.76. The van der Waals surface area contributed by atoms with Gasteiger partial charge in [0.05, 0.1) is 0 Å². The zero-order chi connectivity index (χ0) is 11.9. The van der Waals surface area contributed by atoms with Crippen molar-refractivity contribution in [2.45, 2.75) is 46.0 Å². The summed E-state index contributed by atoms with van der Waals surface area (Å²) in [5, 5.41) is 0. The van der Waals surface area contributed by atoms with E-state index in [1.54, 1.807) is 0 Å². The fourth-order valence-electron chi connectivity index (χ4n) is 2.21. The first-order chi connectivity index (χ1) is 7.66. The average molecular weight is 216 g/mol. The van der Waals surface area contributed by atoms with E-state index >= 15 is 0 Å². The lowest BCUT2D eigenvalue weighted by molar-refractivity contribution is 0.364. The smallest absolute Gasteiger partial charge is 0.0106 e. The summed E-state index contributed by atoms with van der Waals surface area (Å²) in [5.74, 6) is 0. The van der Waals surface area contributed by atoms with Gasteiger partial charge in [-0.15, -0.1) is 0 Å². The van der Waals surface area contributed by atoms with E-state index in [2.05, 4.69) is 56.9 Å². The van der Waals surface area contributed by atoms with Gasteiger partial charge >= 0.3 is 0 Å². The maximum absolute atomic E-state index is 4.14. The van der Waals surface area contributed by atoms with Gasteiger partial charge < -0.3 is 0 Å². The minimum atomic E-state index is 0.341. The standard InChI is InChI=1S/C16H24/c1-4-5-6-8-11-15(2)14-16(3)12-9-7-10-13-16/h5-6,8-9,11-12H,2,4,7,10,13-14H2,1,3H3/b6-5-,11-8-/t16-/m0/s1. The van der Waals surface area contributed by atoms with Gasteiger partial charge in [0.2, 0.25) is 0 Å². The minimum Gasteiger partial charge on any atom is -0.0958 e. The average Bonchev–Trinajstić information content (AvgIpc) is 2.25. The van der Waals surface area contributed by atoms with E-state index in [4.69, 9.17) is 0 Å². The third-order valence-electron chi connectivity index (χ3n) is 3.08. The molecule has 0 amide bonds. The van der Waals surface area contributed by atoms with Crippen LogP contribution in [0.5, 0.6) is 0 Å². The predicted molar refractivity (Wildman–Crippen MR) is 73.4 cm³/mol. The molecule has 0 saturated carbocycles. The van der Waals surface area contributed by atoms with Crippen molar-refractivity contribution in [1.82, 2.24) is 0 Å². The van der Waals surface area contributed by atoms with Crippen molar-refractivity contribution in [3.05, 3.63) is 48.6 Å². The molecule has 1 aliphatic rings. The van der Waals surface area contributed by atoms with Crippen LogP contribution < -0.4 is 0 Å². The summed E-state index contributed by atoms with van der Waals surface area (Å²) < 4.78 is 0. The fourth-order valence-corrected chi connectivity index (χ4v) is 2.21. The van der Waals surface area contributed by atoms with Crippen LogP contribution in [0.1, 0.15) is 46.0 Å². The number of allylic oxidation sites excluding steroid dienone is 7. The first kappa shape index (κ1) is 13.0. The largest absolute Gasteiger partial charge is 0.0958 e. The van der Waals surface area contributed by atoms with Gasteiger partial charge in [-0.05, 0) is 37.5 Å². The van der Waals surface area contributed by atoms with Crippen molar-refractivity contribution in [3.8, 4) is 0 Å². The van der Waals surface area contributed by atoms with Crippen LogP contribution in [0.2, 0.25) is 0 Å². The van der Waals surface area contributed by atoms with E-state index in [0.717, 1.165) is 12.8 Å². The molecular weight excluding hydrogens is 192 g/mol. The van der Waals surface area contributed by atoms with Crippen LogP contribution in [-0.2, 0) is 0 Å². The van der Waals surface area contributed by atoms with Crippen molar-refractivity contribution in [3.63, 3.8) is 0 Å².